The molecule has 0 bridgehead atoms. The zero-order valence-corrected chi connectivity index (χ0v) is 74.4. The Morgan fingerprint density at radius 1 is 0.243 bits per heavy atom. The first-order valence-electron chi connectivity index (χ1n) is 43.4. The quantitative estimate of drug-likeness (QED) is 0.0292. The lowest BCUT2D eigenvalue weighted by atomic mass is 10.0. The molecule has 0 amide bonds. The molecule has 0 rings (SSSR count). The molecule has 6 atom stereocenters. The van der Waals surface area contributed by atoms with Gasteiger partial charge in [0.1, 0.15) is 19.6 Å². The molecule has 6 unspecified atom stereocenters. The number of aliphatic hydroxyl groups excluding tert-OH is 3. The Morgan fingerprint density at radius 2 is 0.398 bits per heavy atom. The summed E-state index contributed by atoms with van der Waals surface area (Å²) in [5.41, 5.74) is 0. The third-order valence-electron chi connectivity index (χ3n) is 22.3. The predicted octanol–water partition coefficient (Wildman–Crippen LogP) is 21.0. The van der Waals surface area contributed by atoms with Crippen LogP contribution in [0.2, 0.25) is 0 Å². The Hall–Kier alpha value is 0.0900. The Balaban J connectivity index is -0.000000390. The summed E-state index contributed by atoms with van der Waals surface area (Å²) >= 11 is 0. The molecule has 0 radical (unpaired) electrons. The van der Waals surface area contributed by atoms with Crippen LogP contribution in [0.15, 0.2) is 0 Å². The summed E-state index contributed by atoms with van der Waals surface area (Å²) in [5.74, 6) is 1.82. The molecule has 3 N–H and O–H groups in total. The van der Waals surface area contributed by atoms with E-state index >= 15 is 0 Å². The molecule has 0 aliphatic rings. The molecule has 21 heteroatoms. The van der Waals surface area contributed by atoms with E-state index in [-0.39, 0.29) is 39.6 Å². The lowest BCUT2D eigenvalue weighted by Gasteiger charge is -2.36. The summed E-state index contributed by atoms with van der Waals surface area (Å²) in [6, 6.07) is 0. The van der Waals surface area contributed by atoms with Gasteiger partial charge >= 0.3 is 0 Å². The molecule has 0 fully saturated rings. The normalized spacial score (nSPS) is 15.5. The molecule has 0 heterocycles. The summed E-state index contributed by atoms with van der Waals surface area (Å²) in [5, 5.41) is 27.7. The number of likely N-dealkylation sites (N-methyl/N-ethyl adjacent to an activating group) is 3. The molecule has 18 nitrogen and oxygen atoms in total. The van der Waals surface area contributed by atoms with Crippen molar-refractivity contribution in [2.75, 3.05) is 138 Å². The number of rotatable bonds is 70. The second-order valence-electron chi connectivity index (χ2n) is 29.9. The lowest BCUT2D eigenvalue weighted by Crippen LogP contribution is -2.50. The zero-order chi connectivity index (χ0) is 79.0. The average molecular weight is 1540 g/mol. The number of quaternary nitrogens is 3. The van der Waals surface area contributed by atoms with E-state index < -0.39 is 23.5 Å². The van der Waals surface area contributed by atoms with Crippen LogP contribution in [-0.2, 0) is 40.8 Å². The standard InChI is InChI=1S/C20H46N2O2.3C16H35O4P.C14H32NO/c1-5-21(6-2,17-19-23)15-13-11-9-10-12-14-16-22(7-3,8-4)18-20-24;3*1-5-9-11-15(7-3)13-19-21(17,18)20-14-16(8-4)12-10-6-2;1-4-7-8-9-10-11-12-15(5-2,6-3)13-14-16/h23-24H,5-20H2,1-4H3;3*15-16H,5-14H2,1-4H3,(H,17,18);16H,4-14H2,1-3H3/q+2;;;;+1/p-3. The molecule has 103 heavy (non-hydrogen) atoms. The summed E-state index contributed by atoms with van der Waals surface area (Å²) < 4.78 is 69.0. The van der Waals surface area contributed by atoms with Crippen molar-refractivity contribution in [1.82, 2.24) is 0 Å². The maximum absolute atomic E-state index is 11.8. The molecule has 0 aromatic rings. The Kier molecular flexibility index (Phi) is 82.5. The lowest BCUT2D eigenvalue weighted by molar-refractivity contribution is -0.925. The summed E-state index contributed by atoms with van der Waals surface area (Å²) in [7, 11) is -12.4. The van der Waals surface area contributed by atoms with Gasteiger partial charge in [-0.3, -0.25) is 13.7 Å². The van der Waals surface area contributed by atoms with Gasteiger partial charge in [0.15, 0.2) is 0 Å². The highest BCUT2D eigenvalue weighted by atomic mass is 31.2. The maximum Gasteiger partial charge on any atom is 0.267 e. The van der Waals surface area contributed by atoms with Gasteiger partial charge in [-0.25, -0.2) is 0 Å². The summed E-state index contributed by atoms with van der Waals surface area (Å²) in [6.07, 6.45) is 41.2. The van der Waals surface area contributed by atoms with Gasteiger partial charge in [-0.2, -0.15) is 0 Å². The number of phosphoric ester groups is 3. The van der Waals surface area contributed by atoms with Crippen LogP contribution in [0.25, 0.3) is 0 Å². The predicted molar refractivity (Wildman–Crippen MR) is 434 cm³/mol. The Bertz CT molecular complexity index is 1640. The molecule has 0 saturated heterocycles. The minimum Gasteiger partial charge on any atom is -0.756 e. The van der Waals surface area contributed by atoms with Crippen LogP contribution in [0.4, 0.5) is 0 Å². The van der Waals surface area contributed by atoms with Crippen LogP contribution in [-0.4, -0.2) is 167 Å². The van der Waals surface area contributed by atoms with Crippen LogP contribution in [0.5, 0.6) is 0 Å². The minimum absolute atomic E-state index is 0.253. The smallest absolute Gasteiger partial charge is 0.267 e. The van der Waals surface area contributed by atoms with Gasteiger partial charge < -0.3 is 70.6 Å². The number of unbranched alkanes of at least 4 members (excludes halogenated alkanes) is 16. The van der Waals surface area contributed by atoms with Crippen LogP contribution in [0, 0.1) is 35.5 Å². The van der Waals surface area contributed by atoms with Crippen molar-refractivity contribution in [3.05, 3.63) is 0 Å². The number of hydrogen-bond donors (Lipinski definition) is 3. The summed E-state index contributed by atoms with van der Waals surface area (Å²) in [4.78, 5) is 35.4. The van der Waals surface area contributed by atoms with Crippen molar-refractivity contribution in [2.45, 2.75) is 363 Å². The van der Waals surface area contributed by atoms with Crippen molar-refractivity contribution < 1.29 is 84.3 Å². The van der Waals surface area contributed by atoms with Gasteiger partial charge in [-0.1, -0.05) is 244 Å². The SMILES string of the molecule is CCCCC(CC)COP(=O)([O-])OCC(CC)CCCC.CCCCC(CC)COP(=O)([O-])OCC(CC)CCCC.CCCCC(CC)COP(=O)([O-])OCC(CC)CCCC.CCCCCCCC[N+](CC)(CC)CCO.CC[N+](CC)(CCO)CCCCCCCC[N+](CC)(CC)CCO. The number of nitrogens with zero attached hydrogens (tertiary/aromatic N) is 3. The van der Waals surface area contributed by atoms with E-state index in [1.54, 1.807) is 0 Å². The zero-order valence-electron chi connectivity index (χ0n) is 71.7. The number of aliphatic hydroxyl groups is 3. The van der Waals surface area contributed by atoms with Crippen LogP contribution < -0.4 is 14.7 Å². The molecular weight excluding hydrogens is 1360 g/mol. The van der Waals surface area contributed by atoms with E-state index in [1.807, 2.05) is 0 Å². The van der Waals surface area contributed by atoms with Crippen molar-refractivity contribution in [3.63, 3.8) is 0 Å². The fourth-order valence-corrected chi connectivity index (χ4v) is 15.6. The monoisotopic (exact) mass is 1540 g/mol. The first-order chi connectivity index (χ1) is 49.3. The van der Waals surface area contributed by atoms with Crippen molar-refractivity contribution >= 4 is 23.5 Å². The highest BCUT2D eigenvalue weighted by Gasteiger charge is 2.25. The van der Waals surface area contributed by atoms with Gasteiger partial charge in [-0.15, -0.1) is 0 Å². The topological polar surface area (TPSA) is 236 Å². The molecule has 0 spiro atoms. The van der Waals surface area contributed by atoms with E-state index in [4.69, 9.17) is 32.2 Å². The van der Waals surface area contributed by atoms with Crippen molar-refractivity contribution in [3.8, 4) is 0 Å². The van der Waals surface area contributed by atoms with E-state index in [1.165, 1.54) is 96.7 Å². The van der Waals surface area contributed by atoms with Crippen molar-refractivity contribution in [2.24, 2.45) is 35.5 Å². The second-order valence-corrected chi connectivity index (χ2v) is 34.2. The van der Waals surface area contributed by atoms with Gasteiger partial charge in [0.05, 0.1) is 118 Å². The van der Waals surface area contributed by atoms with E-state index in [0.29, 0.717) is 55.3 Å². The Morgan fingerprint density at radius 3 is 0.534 bits per heavy atom. The van der Waals surface area contributed by atoms with E-state index in [2.05, 4.69) is 132 Å². The first-order valence-corrected chi connectivity index (χ1v) is 47.8. The van der Waals surface area contributed by atoms with Crippen molar-refractivity contribution in [1.29, 1.82) is 0 Å². The highest BCUT2D eigenvalue weighted by Crippen LogP contribution is 2.43. The average Bonchev–Trinajstić information content (AvgIpc) is 1.01. The van der Waals surface area contributed by atoms with Gasteiger partial charge in [0.2, 0.25) is 0 Å². The minimum atomic E-state index is -4.14. The highest BCUT2D eigenvalue weighted by molar-refractivity contribution is 7.46. The fraction of sp³-hybridized carbons (Fsp3) is 1.00. The second kappa shape index (κ2) is 76.1. The largest absolute Gasteiger partial charge is 0.756 e. The number of hydrogen-bond acceptors (Lipinski definition) is 15. The van der Waals surface area contributed by atoms with Gasteiger partial charge in [-0.05, 0) is 154 Å². The third-order valence-corrected chi connectivity index (χ3v) is 25.1. The molecule has 0 aliphatic heterocycles. The fourth-order valence-electron chi connectivity index (χ4n) is 13.0. The Labute approximate surface area is 640 Å². The van der Waals surface area contributed by atoms with Gasteiger partial charge in [0, 0.05) is 0 Å². The molecule has 0 aliphatic carbocycles. The van der Waals surface area contributed by atoms with Crippen LogP contribution >= 0.6 is 23.5 Å². The molecule has 0 saturated carbocycles. The van der Waals surface area contributed by atoms with E-state index in [0.717, 1.165) is 226 Å². The summed E-state index contributed by atoms with van der Waals surface area (Å²) in [6.45, 7) is 56.7. The number of phosphoric acid groups is 3. The first kappa shape index (κ1) is 112. The van der Waals surface area contributed by atoms with Gasteiger partial charge in [0.25, 0.3) is 23.5 Å². The molecule has 0 aromatic heterocycles. The van der Waals surface area contributed by atoms with Crippen LogP contribution in [0.3, 0.4) is 0 Å². The third kappa shape index (κ3) is 66.4. The molecular formula is C82H180N3O15P3. The van der Waals surface area contributed by atoms with E-state index in [9.17, 15) is 38.6 Å². The van der Waals surface area contributed by atoms with Crippen LogP contribution in [0.1, 0.15) is 363 Å². The maximum atomic E-state index is 11.8. The molecule has 0 aromatic carbocycles. The molecule has 628 valence electrons.